The molecule has 1 aromatic heterocycles. The summed E-state index contributed by atoms with van der Waals surface area (Å²) >= 11 is 12.1. The molecule has 0 saturated carbocycles. The quantitative estimate of drug-likeness (QED) is 0.812. The minimum Gasteiger partial charge on any atom is -0.368 e. The molecule has 0 N–H and O–H groups in total. The number of hydrogen-bond acceptors (Lipinski definition) is 4. The normalized spacial score (nSPS) is 15.3. The van der Waals surface area contributed by atoms with Gasteiger partial charge in [-0.15, -0.1) is 11.6 Å². The van der Waals surface area contributed by atoms with E-state index in [0.29, 0.717) is 5.88 Å². The maximum Gasteiger partial charge on any atom is 0.225 e. The standard InChI is InChI=1S/C15H16Cl2N4/c16-11-12-2-3-13(10-14(12)17)20-6-8-21(9-7-20)15-18-4-1-5-19-15/h1-5,10H,6-9,11H2. The summed E-state index contributed by atoms with van der Waals surface area (Å²) < 4.78 is 0. The Balaban J connectivity index is 1.67. The van der Waals surface area contributed by atoms with Crippen molar-refractivity contribution < 1.29 is 0 Å². The zero-order valence-electron chi connectivity index (χ0n) is 11.5. The van der Waals surface area contributed by atoms with Crippen molar-refractivity contribution in [2.45, 2.75) is 5.88 Å². The number of nitrogens with zero attached hydrogens (tertiary/aromatic N) is 4. The fraction of sp³-hybridized carbons (Fsp3) is 0.333. The van der Waals surface area contributed by atoms with E-state index in [-0.39, 0.29) is 0 Å². The van der Waals surface area contributed by atoms with Gasteiger partial charge >= 0.3 is 0 Å². The molecule has 1 aromatic carbocycles. The van der Waals surface area contributed by atoms with Crippen LogP contribution in [0.5, 0.6) is 0 Å². The third kappa shape index (κ3) is 3.22. The van der Waals surface area contributed by atoms with Crippen LogP contribution in [0.3, 0.4) is 0 Å². The zero-order chi connectivity index (χ0) is 14.7. The first kappa shape index (κ1) is 14.4. The highest BCUT2D eigenvalue weighted by molar-refractivity contribution is 6.32. The van der Waals surface area contributed by atoms with E-state index in [4.69, 9.17) is 23.2 Å². The Labute approximate surface area is 134 Å². The van der Waals surface area contributed by atoms with E-state index in [0.717, 1.165) is 48.4 Å². The Morgan fingerprint density at radius 3 is 2.29 bits per heavy atom. The molecule has 0 bridgehead atoms. The molecular formula is C15H16Cl2N4. The van der Waals surface area contributed by atoms with Crippen molar-refractivity contribution in [1.29, 1.82) is 0 Å². The number of piperazine rings is 1. The van der Waals surface area contributed by atoms with Crippen LogP contribution in [0.4, 0.5) is 11.6 Å². The summed E-state index contributed by atoms with van der Waals surface area (Å²) in [5.41, 5.74) is 2.11. The van der Waals surface area contributed by atoms with Gasteiger partial charge in [-0.2, -0.15) is 0 Å². The van der Waals surface area contributed by atoms with Crippen LogP contribution in [0, 0.1) is 0 Å². The van der Waals surface area contributed by atoms with Crippen molar-refractivity contribution in [2.75, 3.05) is 36.0 Å². The molecule has 0 atom stereocenters. The largest absolute Gasteiger partial charge is 0.368 e. The summed E-state index contributed by atoms with van der Waals surface area (Å²) in [5.74, 6) is 1.24. The van der Waals surface area contributed by atoms with E-state index in [1.54, 1.807) is 12.4 Å². The molecule has 1 saturated heterocycles. The lowest BCUT2D eigenvalue weighted by molar-refractivity contribution is 0.640. The van der Waals surface area contributed by atoms with Crippen LogP contribution in [0.15, 0.2) is 36.7 Å². The predicted octanol–water partition coefficient (Wildman–Crippen LogP) is 3.20. The monoisotopic (exact) mass is 322 g/mol. The third-order valence-corrected chi connectivity index (χ3v) is 4.30. The first-order valence-electron chi connectivity index (χ1n) is 6.89. The molecule has 3 rings (SSSR count). The Kier molecular flexibility index (Phi) is 4.46. The number of anilines is 2. The highest BCUT2D eigenvalue weighted by Gasteiger charge is 2.19. The van der Waals surface area contributed by atoms with Gasteiger partial charge in [-0.25, -0.2) is 9.97 Å². The van der Waals surface area contributed by atoms with Gasteiger partial charge in [-0.1, -0.05) is 17.7 Å². The van der Waals surface area contributed by atoms with Crippen molar-refractivity contribution in [1.82, 2.24) is 9.97 Å². The van der Waals surface area contributed by atoms with Crippen LogP contribution in [0.2, 0.25) is 5.02 Å². The van der Waals surface area contributed by atoms with Crippen molar-refractivity contribution >= 4 is 34.8 Å². The average molecular weight is 323 g/mol. The molecule has 1 fully saturated rings. The number of alkyl halides is 1. The second-order valence-electron chi connectivity index (χ2n) is 4.93. The van der Waals surface area contributed by atoms with E-state index in [2.05, 4.69) is 25.8 Å². The molecule has 0 aliphatic carbocycles. The summed E-state index contributed by atoms with van der Waals surface area (Å²) in [6.07, 6.45) is 3.55. The lowest BCUT2D eigenvalue weighted by Gasteiger charge is -2.36. The minimum atomic E-state index is 0.443. The SMILES string of the molecule is ClCc1ccc(N2CCN(c3ncccn3)CC2)cc1Cl. The van der Waals surface area contributed by atoms with Crippen LogP contribution >= 0.6 is 23.2 Å². The van der Waals surface area contributed by atoms with E-state index in [9.17, 15) is 0 Å². The lowest BCUT2D eigenvalue weighted by Crippen LogP contribution is -2.47. The smallest absolute Gasteiger partial charge is 0.225 e. The van der Waals surface area contributed by atoms with Crippen LogP contribution < -0.4 is 9.80 Å². The molecule has 1 aliphatic heterocycles. The van der Waals surface area contributed by atoms with Gasteiger partial charge in [-0.3, -0.25) is 0 Å². The molecule has 2 aromatic rings. The second-order valence-corrected chi connectivity index (χ2v) is 5.61. The van der Waals surface area contributed by atoms with Gasteiger partial charge in [-0.05, 0) is 23.8 Å². The molecule has 0 radical (unpaired) electrons. The van der Waals surface area contributed by atoms with E-state index >= 15 is 0 Å². The molecule has 2 heterocycles. The Morgan fingerprint density at radius 1 is 1.00 bits per heavy atom. The zero-order valence-corrected chi connectivity index (χ0v) is 13.1. The number of aromatic nitrogens is 2. The maximum atomic E-state index is 6.23. The summed E-state index contributed by atoms with van der Waals surface area (Å²) in [4.78, 5) is 13.1. The molecule has 4 nitrogen and oxygen atoms in total. The predicted molar refractivity (Wildman–Crippen MR) is 87.5 cm³/mol. The number of benzene rings is 1. The molecule has 0 amide bonds. The van der Waals surface area contributed by atoms with Gasteiger partial charge in [0.2, 0.25) is 5.95 Å². The van der Waals surface area contributed by atoms with E-state index in [1.807, 2.05) is 18.2 Å². The molecule has 21 heavy (non-hydrogen) atoms. The van der Waals surface area contributed by atoms with Gasteiger partial charge in [0.15, 0.2) is 0 Å². The van der Waals surface area contributed by atoms with Gasteiger partial charge in [0.1, 0.15) is 0 Å². The summed E-state index contributed by atoms with van der Waals surface area (Å²) in [6.45, 7) is 3.65. The topological polar surface area (TPSA) is 32.3 Å². The van der Waals surface area contributed by atoms with Gasteiger partial charge in [0, 0.05) is 55.2 Å². The number of halogens is 2. The molecule has 0 unspecified atom stereocenters. The van der Waals surface area contributed by atoms with Crippen molar-refractivity contribution in [3.05, 3.63) is 47.2 Å². The second kappa shape index (κ2) is 6.50. The fourth-order valence-electron chi connectivity index (χ4n) is 2.46. The van der Waals surface area contributed by atoms with Gasteiger partial charge < -0.3 is 9.80 Å². The molecular weight excluding hydrogens is 307 g/mol. The molecule has 0 spiro atoms. The molecule has 110 valence electrons. The van der Waals surface area contributed by atoms with E-state index in [1.165, 1.54) is 0 Å². The summed E-state index contributed by atoms with van der Waals surface area (Å²) in [7, 11) is 0. The Morgan fingerprint density at radius 2 is 1.67 bits per heavy atom. The Bertz CT molecular complexity index is 598. The fourth-order valence-corrected chi connectivity index (χ4v) is 3.00. The first-order chi connectivity index (χ1) is 10.3. The highest BCUT2D eigenvalue weighted by Crippen LogP contribution is 2.26. The maximum absolute atomic E-state index is 6.23. The van der Waals surface area contributed by atoms with Crippen LogP contribution in [0.1, 0.15) is 5.56 Å². The van der Waals surface area contributed by atoms with E-state index < -0.39 is 0 Å². The summed E-state index contributed by atoms with van der Waals surface area (Å²) in [6, 6.07) is 7.91. The highest BCUT2D eigenvalue weighted by atomic mass is 35.5. The molecule has 1 aliphatic rings. The van der Waals surface area contributed by atoms with Gasteiger partial charge in [0.05, 0.1) is 0 Å². The lowest BCUT2D eigenvalue weighted by atomic mass is 10.2. The average Bonchev–Trinajstić information content (AvgIpc) is 2.56. The van der Waals surface area contributed by atoms with Crippen LogP contribution in [0.25, 0.3) is 0 Å². The van der Waals surface area contributed by atoms with Gasteiger partial charge in [0.25, 0.3) is 0 Å². The Hall–Kier alpha value is -1.52. The van der Waals surface area contributed by atoms with Crippen molar-refractivity contribution in [2.24, 2.45) is 0 Å². The summed E-state index contributed by atoms with van der Waals surface area (Å²) in [5, 5.41) is 0.733. The van der Waals surface area contributed by atoms with Crippen molar-refractivity contribution in [3.63, 3.8) is 0 Å². The first-order valence-corrected chi connectivity index (χ1v) is 7.80. The van der Waals surface area contributed by atoms with Crippen LogP contribution in [-0.2, 0) is 5.88 Å². The molecule has 6 heteroatoms. The number of hydrogen-bond donors (Lipinski definition) is 0. The van der Waals surface area contributed by atoms with Crippen LogP contribution in [-0.4, -0.2) is 36.1 Å². The minimum absolute atomic E-state index is 0.443. The van der Waals surface area contributed by atoms with Crippen molar-refractivity contribution in [3.8, 4) is 0 Å². The third-order valence-electron chi connectivity index (χ3n) is 3.66. The number of rotatable bonds is 3.